The number of ketones is 1. The smallest absolute Gasteiger partial charge is 0.241 e. The SMILES string of the molecule is CC(C)C(=O)c1cn(S(=O)(=O)C(C)C)c2ccc(F)cc12. The van der Waals surface area contributed by atoms with Crippen LogP contribution in [0.1, 0.15) is 38.1 Å². The minimum Gasteiger partial charge on any atom is -0.294 e. The highest BCUT2D eigenvalue weighted by Gasteiger charge is 2.25. The van der Waals surface area contributed by atoms with Crippen molar-refractivity contribution >= 4 is 26.7 Å². The molecule has 0 N–H and O–H groups in total. The van der Waals surface area contributed by atoms with Crippen molar-refractivity contribution in [3.8, 4) is 0 Å². The Labute approximate surface area is 123 Å². The van der Waals surface area contributed by atoms with Gasteiger partial charge in [0.05, 0.1) is 10.8 Å². The third kappa shape index (κ3) is 2.60. The molecule has 0 saturated heterocycles. The number of aromatic nitrogens is 1. The van der Waals surface area contributed by atoms with Gasteiger partial charge in [-0.15, -0.1) is 0 Å². The lowest BCUT2D eigenvalue weighted by Crippen LogP contribution is -2.21. The van der Waals surface area contributed by atoms with Crippen LogP contribution in [0.2, 0.25) is 0 Å². The Morgan fingerprint density at radius 2 is 1.81 bits per heavy atom. The molecule has 0 aliphatic rings. The summed E-state index contributed by atoms with van der Waals surface area (Å²) in [6.07, 6.45) is 1.31. The molecule has 2 aromatic rings. The number of carbonyl (C=O) groups is 1. The van der Waals surface area contributed by atoms with E-state index >= 15 is 0 Å². The largest absolute Gasteiger partial charge is 0.294 e. The minimum absolute atomic E-state index is 0.205. The molecule has 0 aliphatic carbocycles. The highest BCUT2D eigenvalue weighted by atomic mass is 32.2. The van der Waals surface area contributed by atoms with Gasteiger partial charge < -0.3 is 0 Å². The normalized spacial score (nSPS) is 12.5. The van der Waals surface area contributed by atoms with Gasteiger partial charge in [0.25, 0.3) is 0 Å². The van der Waals surface area contributed by atoms with E-state index < -0.39 is 21.1 Å². The maximum Gasteiger partial charge on any atom is 0.241 e. The molecule has 1 heterocycles. The second-order valence-corrected chi connectivity index (χ2v) is 7.98. The molecule has 0 saturated carbocycles. The molecule has 0 fully saturated rings. The highest BCUT2D eigenvalue weighted by Crippen LogP contribution is 2.27. The Morgan fingerprint density at radius 3 is 2.33 bits per heavy atom. The van der Waals surface area contributed by atoms with E-state index in [0.29, 0.717) is 10.9 Å². The monoisotopic (exact) mass is 311 g/mol. The van der Waals surface area contributed by atoms with Gasteiger partial charge in [-0.05, 0) is 32.0 Å². The lowest BCUT2D eigenvalue weighted by Gasteiger charge is -2.10. The van der Waals surface area contributed by atoms with Crippen LogP contribution >= 0.6 is 0 Å². The molecule has 1 aromatic heterocycles. The molecule has 0 unspecified atom stereocenters. The number of hydrogen-bond acceptors (Lipinski definition) is 3. The van der Waals surface area contributed by atoms with E-state index in [1.54, 1.807) is 27.7 Å². The molecule has 114 valence electrons. The molecular formula is C15H18FNO3S. The Morgan fingerprint density at radius 1 is 1.19 bits per heavy atom. The summed E-state index contributed by atoms with van der Waals surface area (Å²) in [7, 11) is -3.61. The van der Waals surface area contributed by atoms with Crippen molar-refractivity contribution in [3.05, 3.63) is 35.8 Å². The molecule has 0 aliphatic heterocycles. The first-order valence-corrected chi connectivity index (χ1v) is 8.25. The van der Waals surface area contributed by atoms with Gasteiger partial charge in [-0.2, -0.15) is 0 Å². The summed E-state index contributed by atoms with van der Waals surface area (Å²) in [6.45, 7) is 6.58. The van der Waals surface area contributed by atoms with Gasteiger partial charge in [-0.1, -0.05) is 13.8 Å². The number of benzene rings is 1. The van der Waals surface area contributed by atoms with Crippen LogP contribution in [0.25, 0.3) is 10.9 Å². The fourth-order valence-corrected chi connectivity index (χ4v) is 3.26. The first-order valence-electron chi connectivity index (χ1n) is 6.75. The summed E-state index contributed by atoms with van der Waals surface area (Å²) in [5.41, 5.74) is 0.567. The fraction of sp³-hybridized carbons (Fsp3) is 0.400. The van der Waals surface area contributed by atoms with Gasteiger partial charge >= 0.3 is 0 Å². The Hall–Kier alpha value is -1.69. The lowest BCUT2D eigenvalue weighted by molar-refractivity contribution is 0.0941. The van der Waals surface area contributed by atoms with Crippen molar-refractivity contribution in [2.75, 3.05) is 0 Å². The number of Topliss-reactive ketones (excluding diaryl/α,β-unsaturated/α-hetero) is 1. The second kappa shape index (κ2) is 5.26. The van der Waals surface area contributed by atoms with Crippen LogP contribution < -0.4 is 0 Å². The van der Waals surface area contributed by atoms with Gasteiger partial charge in [-0.25, -0.2) is 16.8 Å². The van der Waals surface area contributed by atoms with Gasteiger partial charge in [0.1, 0.15) is 5.82 Å². The van der Waals surface area contributed by atoms with E-state index in [0.717, 1.165) is 3.97 Å². The molecule has 0 amide bonds. The summed E-state index contributed by atoms with van der Waals surface area (Å²) in [6, 6.07) is 3.79. The first-order chi connectivity index (χ1) is 9.66. The van der Waals surface area contributed by atoms with Crippen LogP contribution in [0.3, 0.4) is 0 Å². The van der Waals surface area contributed by atoms with Crippen LogP contribution in [-0.2, 0) is 10.0 Å². The molecule has 2 rings (SSSR count). The first kappa shape index (κ1) is 15.7. The van der Waals surface area contributed by atoms with Crippen molar-refractivity contribution in [2.24, 2.45) is 5.92 Å². The Bertz CT molecular complexity index is 804. The predicted molar refractivity (Wildman–Crippen MR) is 80.5 cm³/mol. The van der Waals surface area contributed by atoms with Crippen LogP contribution in [0.5, 0.6) is 0 Å². The van der Waals surface area contributed by atoms with Crippen molar-refractivity contribution in [1.29, 1.82) is 0 Å². The highest BCUT2D eigenvalue weighted by molar-refractivity contribution is 7.90. The van der Waals surface area contributed by atoms with Gasteiger partial charge in [0.2, 0.25) is 10.0 Å². The topological polar surface area (TPSA) is 56.1 Å². The van der Waals surface area contributed by atoms with Crippen LogP contribution in [0, 0.1) is 11.7 Å². The summed E-state index contributed by atoms with van der Waals surface area (Å²) >= 11 is 0. The number of halogens is 1. The lowest BCUT2D eigenvalue weighted by atomic mass is 10.0. The predicted octanol–water partition coefficient (Wildman–Crippen LogP) is 3.21. The third-order valence-electron chi connectivity index (χ3n) is 3.39. The molecule has 0 atom stereocenters. The van der Waals surface area contributed by atoms with E-state index in [9.17, 15) is 17.6 Å². The quantitative estimate of drug-likeness (QED) is 0.815. The maximum absolute atomic E-state index is 13.5. The van der Waals surface area contributed by atoms with Gasteiger partial charge in [0, 0.05) is 23.1 Å². The molecule has 6 heteroatoms. The summed E-state index contributed by atoms with van der Waals surface area (Å²) in [5, 5.41) is -0.307. The Balaban J connectivity index is 2.84. The zero-order valence-corrected chi connectivity index (χ0v) is 13.2. The molecule has 0 radical (unpaired) electrons. The average molecular weight is 311 g/mol. The van der Waals surface area contributed by atoms with Crippen LogP contribution in [0.4, 0.5) is 4.39 Å². The van der Waals surface area contributed by atoms with E-state index in [-0.39, 0.29) is 17.3 Å². The zero-order chi connectivity index (χ0) is 15.9. The number of hydrogen-bond donors (Lipinski definition) is 0. The summed E-state index contributed by atoms with van der Waals surface area (Å²) < 4.78 is 39.4. The molecular weight excluding hydrogens is 293 g/mol. The standard InChI is InChI=1S/C15H18FNO3S/c1-9(2)15(18)13-8-17(21(19,20)10(3)4)14-6-5-11(16)7-12(13)14/h5-10H,1-4H3. The number of nitrogens with zero attached hydrogens (tertiary/aromatic N) is 1. The molecule has 0 spiro atoms. The van der Waals surface area contributed by atoms with E-state index in [2.05, 4.69) is 0 Å². The van der Waals surface area contributed by atoms with Crippen molar-refractivity contribution in [3.63, 3.8) is 0 Å². The van der Waals surface area contributed by atoms with E-state index in [1.807, 2.05) is 0 Å². The zero-order valence-electron chi connectivity index (χ0n) is 12.4. The number of fused-ring (bicyclic) bond motifs is 1. The molecule has 4 nitrogen and oxygen atoms in total. The maximum atomic E-state index is 13.5. The number of carbonyl (C=O) groups excluding carboxylic acids is 1. The second-order valence-electron chi connectivity index (χ2n) is 5.61. The van der Waals surface area contributed by atoms with Crippen LogP contribution in [0.15, 0.2) is 24.4 Å². The van der Waals surface area contributed by atoms with E-state index in [4.69, 9.17) is 0 Å². The average Bonchev–Trinajstić information content (AvgIpc) is 2.76. The third-order valence-corrected chi connectivity index (χ3v) is 5.43. The minimum atomic E-state index is -3.61. The number of rotatable bonds is 4. The van der Waals surface area contributed by atoms with Crippen molar-refractivity contribution < 1.29 is 17.6 Å². The summed E-state index contributed by atoms with van der Waals surface area (Å²) in [4.78, 5) is 12.2. The molecule has 21 heavy (non-hydrogen) atoms. The molecule has 1 aromatic carbocycles. The fourth-order valence-electron chi connectivity index (χ4n) is 2.12. The molecule has 0 bridgehead atoms. The Kier molecular flexibility index (Phi) is 3.93. The van der Waals surface area contributed by atoms with Crippen molar-refractivity contribution in [1.82, 2.24) is 3.97 Å². The van der Waals surface area contributed by atoms with E-state index in [1.165, 1.54) is 24.4 Å². The van der Waals surface area contributed by atoms with Gasteiger partial charge in [-0.3, -0.25) is 4.79 Å². The van der Waals surface area contributed by atoms with Gasteiger partial charge in [0.15, 0.2) is 5.78 Å². The van der Waals surface area contributed by atoms with Crippen molar-refractivity contribution in [2.45, 2.75) is 32.9 Å². The summed E-state index contributed by atoms with van der Waals surface area (Å²) in [5.74, 6) is -1.00. The van der Waals surface area contributed by atoms with Crippen LogP contribution in [-0.4, -0.2) is 23.4 Å².